The molecule has 1 N–H and O–H groups in total. The summed E-state index contributed by atoms with van der Waals surface area (Å²) in [7, 11) is 1.63. The van der Waals surface area contributed by atoms with Crippen LogP contribution >= 0.6 is 0 Å². The molecule has 0 saturated heterocycles. The van der Waals surface area contributed by atoms with Gasteiger partial charge in [-0.1, -0.05) is 30.3 Å². The van der Waals surface area contributed by atoms with E-state index in [1.165, 1.54) is 4.68 Å². The summed E-state index contributed by atoms with van der Waals surface area (Å²) in [5, 5.41) is 7.45. The molecule has 1 heterocycles. The Morgan fingerprint density at radius 2 is 1.87 bits per heavy atom. The molecule has 156 valence electrons. The lowest BCUT2D eigenvalue weighted by Crippen LogP contribution is -2.32. The van der Waals surface area contributed by atoms with Gasteiger partial charge in [-0.2, -0.15) is 5.10 Å². The number of hydrogen-bond donors (Lipinski definition) is 1. The predicted molar refractivity (Wildman–Crippen MR) is 114 cm³/mol. The quantitative estimate of drug-likeness (QED) is 0.593. The zero-order valence-corrected chi connectivity index (χ0v) is 17.1. The summed E-state index contributed by atoms with van der Waals surface area (Å²) in [6, 6.07) is 17.3. The lowest BCUT2D eigenvalue weighted by molar-refractivity contribution is -0.121. The van der Waals surface area contributed by atoms with Gasteiger partial charge in [-0.15, -0.1) is 0 Å². The standard InChI is InChI=1S/C23H26N4O3/c1-30-20-12-7-17(8-13-20)9-14-21(28)24-15-16-26-23(29)27(19-5-3-2-4-6-19)22(25-26)18-10-11-18/h2-8,12-13,18H,9-11,14-16H2,1H3,(H,24,28). The molecule has 4 rings (SSSR count). The SMILES string of the molecule is COc1ccc(CCC(=O)NCCn2nc(C3CC3)n(-c3ccccc3)c2=O)cc1. The van der Waals surface area contributed by atoms with Crippen molar-refractivity contribution in [2.75, 3.05) is 13.7 Å². The lowest BCUT2D eigenvalue weighted by atomic mass is 10.1. The highest BCUT2D eigenvalue weighted by Gasteiger charge is 2.31. The molecule has 1 amide bonds. The average Bonchev–Trinajstić information content (AvgIpc) is 3.57. The molecular weight excluding hydrogens is 380 g/mol. The Bertz CT molecular complexity index is 1050. The Labute approximate surface area is 175 Å². The van der Waals surface area contributed by atoms with E-state index in [1.807, 2.05) is 54.6 Å². The zero-order chi connectivity index (χ0) is 20.9. The number of nitrogens with one attached hydrogen (secondary N) is 1. The minimum Gasteiger partial charge on any atom is -0.497 e. The summed E-state index contributed by atoms with van der Waals surface area (Å²) in [4.78, 5) is 25.1. The van der Waals surface area contributed by atoms with Gasteiger partial charge < -0.3 is 10.1 Å². The third kappa shape index (κ3) is 4.62. The maximum atomic E-state index is 12.9. The van der Waals surface area contributed by atoms with Crippen LogP contribution in [0.5, 0.6) is 5.75 Å². The van der Waals surface area contributed by atoms with E-state index < -0.39 is 0 Å². The van der Waals surface area contributed by atoms with Crippen molar-refractivity contribution in [1.82, 2.24) is 19.7 Å². The van der Waals surface area contributed by atoms with Crippen molar-refractivity contribution in [2.45, 2.75) is 38.1 Å². The molecule has 3 aromatic rings. The zero-order valence-electron chi connectivity index (χ0n) is 17.1. The second kappa shape index (κ2) is 8.98. The molecule has 1 fully saturated rings. The minimum absolute atomic E-state index is 0.0382. The summed E-state index contributed by atoms with van der Waals surface area (Å²) < 4.78 is 8.30. The first-order chi connectivity index (χ1) is 14.7. The van der Waals surface area contributed by atoms with Crippen LogP contribution in [0.2, 0.25) is 0 Å². The molecule has 1 aromatic heterocycles. The first-order valence-corrected chi connectivity index (χ1v) is 10.3. The maximum Gasteiger partial charge on any atom is 0.350 e. The third-order valence-electron chi connectivity index (χ3n) is 5.27. The molecule has 7 heteroatoms. The topological polar surface area (TPSA) is 78.2 Å². The first-order valence-electron chi connectivity index (χ1n) is 10.3. The largest absolute Gasteiger partial charge is 0.497 e. The van der Waals surface area contributed by atoms with E-state index in [-0.39, 0.29) is 11.6 Å². The second-order valence-corrected chi connectivity index (χ2v) is 7.51. The average molecular weight is 406 g/mol. The molecule has 7 nitrogen and oxygen atoms in total. The minimum atomic E-state index is -0.157. The van der Waals surface area contributed by atoms with Gasteiger partial charge >= 0.3 is 5.69 Å². The van der Waals surface area contributed by atoms with Crippen LogP contribution < -0.4 is 15.7 Å². The fraction of sp³-hybridized carbons (Fsp3) is 0.348. The Balaban J connectivity index is 1.33. The van der Waals surface area contributed by atoms with Gasteiger partial charge in [0.1, 0.15) is 11.6 Å². The Morgan fingerprint density at radius 1 is 1.13 bits per heavy atom. The lowest BCUT2D eigenvalue weighted by Gasteiger charge is -2.06. The smallest absolute Gasteiger partial charge is 0.350 e. The van der Waals surface area contributed by atoms with E-state index >= 15 is 0 Å². The normalized spacial score (nSPS) is 13.2. The van der Waals surface area contributed by atoms with E-state index in [1.54, 1.807) is 11.7 Å². The van der Waals surface area contributed by atoms with Crippen molar-refractivity contribution in [1.29, 1.82) is 0 Å². The van der Waals surface area contributed by atoms with Crippen LogP contribution in [0.4, 0.5) is 0 Å². The van der Waals surface area contributed by atoms with E-state index in [0.717, 1.165) is 35.7 Å². The molecule has 0 atom stereocenters. The van der Waals surface area contributed by atoms with Gasteiger partial charge in [0.05, 0.1) is 19.3 Å². The van der Waals surface area contributed by atoms with Crippen molar-refractivity contribution >= 4 is 5.91 Å². The Hall–Kier alpha value is -3.35. The number of benzene rings is 2. The molecule has 0 spiro atoms. The van der Waals surface area contributed by atoms with Crippen molar-refractivity contribution < 1.29 is 9.53 Å². The van der Waals surface area contributed by atoms with Crippen LogP contribution in [-0.2, 0) is 17.8 Å². The first kappa shape index (κ1) is 19.9. The molecule has 1 aliphatic carbocycles. The van der Waals surface area contributed by atoms with Gasteiger partial charge in [0, 0.05) is 18.9 Å². The third-order valence-corrected chi connectivity index (χ3v) is 5.27. The summed E-state index contributed by atoms with van der Waals surface area (Å²) in [6.45, 7) is 0.726. The predicted octanol–water partition coefficient (Wildman–Crippen LogP) is 2.67. The number of rotatable bonds is 9. The van der Waals surface area contributed by atoms with Crippen molar-refractivity contribution in [3.05, 3.63) is 76.5 Å². The van der Waals surface area contributed by atoms with Crippen LogP contribution in [-0.4, -0.2) is 33.9 Å². The Morgan fingerprint density at radius 3 is 2.53 bits per heavy atom. The number of hydrogen-bond acceptors (Lipinski definition) is 4. The van der Waals surface area contributed by atoms with Gasteiger partial charge in [-0.05, 0) is 49.1 Å². The highest BCUT2D eigenvalue weighted by molar-refractivity contribution is 5.76. The summed E-state index contributed by atoms with van der Waals surface area (Å²) in [5.41, 5.74) is 1.76. The molecule has 0 bridgehead atoms. The number of aryl methyl sites for hydroxylation is 1. The number of nitrogens with zero attached hydrogens (tertiary/aromatic N) is 3. The number of carbonyl (C=O) groups is 1. The van der Waals surface area contributed by atoms with Crippen molar-refractivity contribution in [3.63, 3.8) is 0 Å². The molecule has 2 aromatic carbocycles. The number of ether oxygens (including phenoxy) is 1. The van der Waals surface area contributed by atoms with Gasteiger partial charge in [-0.3, -0.25) is 4.79 Å². The highest BCUT2D eigenvalue weighted by atomic mass is 16.5. The van der Waals surface area contributed by atoms with E-state index in [0.29, 0.717) is 31.8 Å². The van der Waals surface area contributed by atoms with Crippen LogP contribution in [0.1, 0.15) is 36.6 Å². The number of carbonyl (C=O) groups excluding carboxylic acids is 1. The maximum absolute atomic E-state index is 12.9. The van der Waals surface area contributed by atoms with Crippen LogP contribution in [0.3, 0.4) is 0 Å². The molecule has 1 saturated carbocycles. The fourth-order valence-electron chi connectivity index (χ4n) is 3.44. The van der Waals surface area contributed by atoms with E-state index in [9.17, 15) is 9.59 Å². The summed E-state index contributed by atoms with van der Waals surface area (Å²) in [6.07, 6.45) is 3.17. The second-order valence-electron chi connectivity index (χ2n) is 7.51. The summed E-state index contributed by atoms with van der Waals surface area (Å²) >= 11 is 0. The van der Waals surface area contributed by atoms with Crippen molar-refractivity contribution in [2.24, 2.45) is 0 Å². The number of aromatic nitrogens is 3. The monoisotopic (exact) mass is 406 g/mol. The van der Waals surface area contributed by atoms with Crippen LogP contribution in [0.15, 0.2) is 59.4 Å². The fourth-order valence-corrected chi connectivity index (χ4v) is 3.44. The van der Waals surface area contributed by atoms with Gasteiger partial charge in [0.15, 0.2) is 0 Å². The van der Waals surface area contributed by atoms with Crippen LogP contribution in [0.25, 0.3) is 5.69 Å². The van der Waals surface area contributed by atoms with Crippen molar-refractivity contribution in [3.8, 4) is 11.4 Å². The molecule has 0 unspecified atom stereocenters. The highest BCUT2D eigenvalue weighted by Crippen LogP contribution is 2.39. The molecule has 0 aliphatic heterocycles. The molecule has 1 aliphatic rings. The van der Waals surface area contributed by atoms with Gasteiger partial charge in [0.25, 0.3) is 0 Å². The number of methoxy groups -OCH3 is 1. The number of para-hydroxylation sites is 1. The van der Waals surface area contributed by atoms with E-state index in [4.69, 9.17) is 4.74 Å². The molecule has 30 heavy (non-hydrogen) atoms. The molecule has 0 radical (unpaired) electrons. The van der Waals surface area contributed by atoms with E-state index in [2.05, 4.69) is 10.4 Å². The Kier molecular flexibility index (Phi) is 5.97. The number of amides is 1. The van der Waals surface area contributed by atoms with Gasteiger partial charge in [0.2, 0.25) is 5.91 Å². The summed E-state index contributed by atoms with van der Waals surface area (Å²) in [5.74, 6) is 1.92. The van der Waals surface area contributed by atoms with Gasteiger partial charge in [-0.25, -0.2) is 14.0 Å². The van der Waals surface area contributed by atoms with Crippen LogP contribution in [0, 0.1) is 0 Å². The molecular formula is C23H26N4O3.